The summed E-state index contributed by atoms with van der Waals surface area (Å²) in [6.07, 6.45) is 11.2. The molecule has 0 radical (unpaired) electrons. The Bertz CT molecular complexity index is 854. The molecule has 0 aliphatic carbocycles. The van der Waals surface area contributed by atoms with Crippen molar-refractivity contribution in [3.63, 3.8) is 0 Å². The van der Waals surface area contributed by atoms with E-state index in [4.69, 9.17) is 5.11 Å². The lowest BCUT2D eigenvalue weighted by Crippen LogP contribution is -2.43. The molecular formula is C24H44N4O3. The van der Waals surface area contributed by atoms with Crippen LogP contribution in [-0.4, -0.2) is 52.9 Å². The second kappa shape index (κ2) is 15.3. The maximum absolute atomic E-state index is 12.3. The minimum Gasteiger partial charge on any atom is -0.396 e. The molecule has 1 aromatic heterocycles. The third kappa shape index (κ3) is 9.00. The molecule has 7 nitrogen and oxygen atoms in total. The van der Waals surface area contributed by atoms with Crippen molar-refractivity contribution in [3.05, 3.63) is 63.1 Å². The van der Waals surface area contributed by atoms with Crippen LogP contribution in [0.5, 0.6) is 0 Å². The third-order valence-electron chi connectivity index (χ3n) is 5.02. The van der Waals surface area contributed by atoms with E-state index in [1.165, 1.54) is 27.5 Å². The molecule has 0 bridgehead atoms. The molecule has 0 aromatic carbocycles. The van der Waals surface area contributed by atoms with Gasteiger partial charge < -0.3 is 14.9 Å². The first kappa shape index (κ1) is 28.5. The molecule has 0 fully saturated rings. The van der Waals surface area contributed by atoms with Crippen LogP contribution in [-0.2, 0) is 13.6 Å². The minimum absolute atomic E-state index is 0. The molecule has 2 heterocycles. The molecule has 0 atom stereocenters. The number of nitrogens with zero attached hydrogens (tertiary/aromatic N) is 4. The summed E-state index contributed by atoms with van der Waals surface area (Å²) in [6.45, 7) is 13.6. The van der Waals surface area contributed by atoms with Crippen LogP contribution in [0.25, 0.3) is 0 Å². The molecule has 0 saturated carbocycles. The average molecular weight is 437 g/mol. The molecule has 2 rings (SSSR count). The lowest BCUT2D eigenvalue weighted by atomic mass is 10.2. The quantitative estimate of drug-likeness (QED) is 0.710. The molecule has 0 saturated heterocycles. The number of aliphatic hydroxyl groups is 1. The molecule has 0 spiro atoms. The predicted molar refractivity (Wildman–Crippen MR) is 134 cm³/mol. The van der Waals surface area contributed by atoms with Crippen molar-refractivity contribution in [2.45, 2.75) is 53.5 Å². The number of anilines is 1. The Morgan fingerprint density at radius 1 is 1.23 bits per heavy atom. The van der Waals surface area contributed by atoms with Crippen LogP contribution in [0.15, 0.2) is 46.2 Å². The van der Waals surface area contributed by atoms with Crippen molar-refractivity contribution in [1.29, 1.82) is 0 Å². The first-order chi connectivity index (χ1) is 14.7. The monoisotopic (exact) mass is 436 g/mol. The largest absolute Gasteiger partial charge is 0.396 e. The second-order valence-electron chi connectivity index (χ2n) is 7.50. The van der Waals surface area contributed by atoms with E-state index in [-0.39, 0.29) is 25.8 Å². The standard InChI is InChI=1S/C12H21N3O3.C8H11N.C4H10.H2/c1-5-13(3)10-9(2)14(4)12(18)15(11(10)17)7-6-8-16;1-3-8-5-4-6-9(2)7-8;1-3-4-2;/h16H,5-8H2,1-4H3;3-5,7H,1,6H2,2H3;3-4H2,1-2H3;1H. The van der Waals surface area contributed by atoms with Crippen molar-refractivity contribution in [2.24, 2.45) is 7.05 Å². The normalized spacial score (nSPS) is 12.3. The zero-order valence-electron chi connectivity index (χ0n) is 20.5. The van der Waals surface area contributed by atoms with Gasteiger partial charge in [-0.05, 0) is 25.8 Å². The number of hydrogen-bond donors (Lipinski definition) is 1. The van der Waals surface area contributed by atoms with Gasteiger partial charge in [0.25, 0.3) is 5.56 Å². The van der Waals surface area contributed by atoms with Gasteiger partial charge in [-0.1, -0.05) is 51.5 Å². The topological polar surface area (TPSA) is 70.7 Å². The molecule has 1 N–H and O–H groups in total. The number of rotatable bonds is 7. The Hall–Kier alpha value is -2.54. The first-order valence-corrected chi connectivity index (χ1v) is 11.0. The molecule has 31 heavy (non-hydrogen) atoms. The lowest BCUT2D eigenvalue weighted by molar-refractivity contribution is 0.277. The molecular weight excluding hydrogens is 392 g/mol. The van der Waals surface area contributed by atoms with E-state index < -0.39 is 0 Å². The Morgan fingerprint density at radius 3 is 2.26 bits per heavy atom. The molecule has 0 unspecified atom stereocenters. The van der Waals surface area contributed by atoms with Crippen LogP contribution in [0, 0.1) is 6.92 Å². The van der Waals surface area contributed by atoms with E-state index in [2.05, 4.69) is 43.7 Å². The third-order valence-corrected chi connectivity index (χ3v) is 5.02. The summed E-state index contributed by atoms with van der Waals surface area (Å²) in [5, 5.41) is 8.82. The summed E-state index contributed by atoms with van der Waals surface area (Å²) in [5.41, 5.74) is 1.77. The van der Waals surface area contributed by atoms with Gasteiger partial charge >= 0.3 is 5.69 Å². The van der Waals surface area contributed by atoms with E-state index in [1.807, 2.05) is 32.0 Å². The highest BCUT2D eigenvalue weighted by atomic mass is 16.3. The van der Waals surface area contributed by atoms with Gasteiger partial charge in [-0.2, -0.15) is 0 Å². The van der Waals surface area contributed by atoms with Gasteiger partial charge in [0.2, 0.25) is 0 Å². The Kier molecular flexibility index (Phi) is 14.0. The van der Waals surface area contributed by atoms with Crippen molar-refractivity contribution >= 4 is 5.69 Å². The highest BCUT2D eigenvalue weighted by molar-refractivity contribution is 5.47. The van der Waals surface area contributed by atoms with Crippen molar-refractivity contribution in [1.82, 2.24) is 14.0 Å². The minimum atomic E-state index is -0.334. The van der Waals surface area contributed by atoms with Gasteiger partial charge in [0.15, 0.2) is 0 Å². The number of likely N-dealkylation sites (N-methyl/N-ethyl adjacent to an activating group) is 1. The van der Waals surface area contributed by atoms with Crippen molar-refractivity contribution in [2.75, 3.05) is 38.7 Å². The number of unbranched alkanes of at least 4 members (excludes halogenated alkanes) is 1. The fourth-order valence-corrected chi connectivity index (χ4v) is 2.70. The van der Waals surface area contributed by atoms with Crippen LogP contribution in [0.1, 0.15) is 47.2 Å². The van der Waals surface area contributed by atoms with Gasteiger partial charge in [0.05, 0.1) is 0 Å². The summed E-state index contributed by atoms with van der Waals surface area (Å²) < 4.78 is 2.66. The zero-order chi connectivity index (χ0) is 24.0. The highest BCUT2D eigenvalue weighted by Crippen LogP contribution is 2.10. The number of aliphatic hydroxyl groups excluding tert-OH is 1. The molecule has 1 aromatic rings. The number of allylic oxidation sites excluding steroid dienone is 3. The smallest absolute Gasteiger partial charge is 0.331 e. The summed E-state index contributed by atoms with van der Waals surface area (Å²) in [6, 6.07) is 0. The second-order valence-corrected chi connectivity index (χ2v) is 7.50. The van der Waals surface area contributed by atoms with Crippen LogP contribution in [0.4, 0.5) is 5.69 Å². The van der Waals surface area contributed by atoms with E-state index in [1.54, 1.807) is 14.0 Å². The van der Waals surface area contributed by atoms with Crippen molar-refractivity contribution < 1.29 is 6.53 Å². The summed E-state index contributed by atoms with van der Waals surface area (Å²) in [7, 11) is 5.52. The molecule has 1 aliphatic rings. The van der Waals surface area contributed by atoms with Crippen molar-refractivity contribution in [3.8, 4) is 0 Å². The van der Waals surface area contributed by atoms with E-state index in [0.717, 1.165) is 6.54 Å². The molecule has 7 heteroatoms. The van der Waals surface area contributed by atoms with Gasteiger partial charge in [-0.3, -0.25) is 13.9 Å². The van der Waals surface area contributed by atoms with Gasteiger partial charge in [-0.15, -0.1) is 0 Å². The Morgan fingerprint density at radius 2 is 1.84 bits per heavy atom. The molecule has 0 amide bonds. The molecule has 178 valence electrons. The lowest BCUT2D eigenvalue weighted by Gasteiger charge is -2.21. The summed E-state index contributed by atoms with van der Waals surface area (Å²) in [5.74, 6) is 0. The number of hydrogen-bond acceptors (Lipinski definition) is 5. The number of aromatic nitrogens is 2. The maximum Gasteiger partial charge on any atom is 0.331 e. The van der Waals surface area contributed by atoms with Gasteiger partial charge in [0, 0.05) is 60.7 Å². The van der Waals surface area contributed by atoms with E-state index in [9.17, 15) is 9.59 Å². The Balaban J connectivity index is 0. The first-order valence-electron chi connectivity index (χ1n) is 11.0. The van der Waals surface area contributed by atoms with Gasteiger partial charge in [0.1, 0.15) is 5.69 Å². The fourth-order valence-electron chi connectivity index (χ4n) is 2.70. The van der Waals surface area contributed by atoms with Crippen LogP contribution >= 0.6 is 0 Å². The van der Waals surface area contributed by atoms with Crippen LogP contribution < -0.4 is 16.1 Å². The average Bonchev–Trinajstić information content (AvgIpc) is 2.78. The summed E-state index contributed by atoms with van der Waals surface area (Å²) >= 11 is 0. The highest BCUT2D eigenvalue weighted by Gasteiger charge is 2.16. The predicted octanol–water partition coefficient (Wildman–Crippen LogP) is 3.30. The maximum atomic E-state index is 12.3. The van der Waals surface area contributed by atoms with Gasteiger partial charge in [-0.25, -0.2) is 4.79 Å². The van der Waals surface area contributed by atoms with E-state index >= 15 is 0 Å². The van der Waals surface area contributed by atoms with Crippen LogP contribution in [0.2, 0.25) is 0 Å². The Labute approximate surface area is 189 Å². The fraction of sp³-hybridized carbons (Fsp3) is 0.583. The van der Waals surface area contributed by atoms with Crippen LogP contribution in [0.3, 0.4) is 0 Å². The SMILES string of the molecule is C=CC1=CN(C)CC=C1.CCCC.CCN(C)c1c(C)n(C)c(=O)n(CCCO)c1=O.[HH]. The summed E-state index contributed by atoms with van der Waals surface area (Å²) in [4.78, 5) is 28.2. The molecule has 1 aliphatic heterocycles. The van der Waals surface area contributed by atoms with E-state index in [0.29, 0.717) is 24.3 Å². The zero-order valence-corrected chi connectivity index (χ0v) is 20.5.